The molecule has 1 rings (SSSR count). The van der Waals surface area contributed by atoms with E-state index in [0.717, 1.165) is 11.4 Å². The minimum atomic E-state index is 0.927. The van der Waals surface area contributed by atoms with Crippen LogP contribution in [0.1, 0.15) is 37.3 Å². The van der Waals surface area contributed by atoms with Gasteiger partial charge in [0, 0.05) is 5.02 Å². The Morgan fingerprint density at radius 2 is 2.00 bits per heavy atom. The van der Waals surface area contributed by atoms with Crippen molar-refractivity contribution in [3.05, 3.63) is 34.3 Å². The molecule has 0 aromatic heterocycles. The maximum absolute atomic E-state index is 6.11. The van der Waals surface area contributed by atoms with Gasteiger partial charge in [0.2, 0.25) is 0 Å². The molecular formula is C12H17Cl. The summed E-state index contributed by atoms with van der Waals surface area (Å²) in [6, 6.07) is 6.32. The molecule has 0 spiro atoms. The largest absolute Gasteiger partial charge is 0.0840 e. The topological polar surface area (TPSA) is 0 Å². The number of unbranched alkanes of at least 4 members (excludes halogenated alkanes) is 2. The lowest BCUT2D eigenvalue weighted by atomic mass is 10.1. The zero-order valence-electron chi connectivity index (χ0n) is 8.44. The van der Waals surface area contributed by atoms with Crippen LogP contribution < -0.4 is 0 Å². The summed E-state index contributed by atoms with van der Waals surface area (Å²) in [5.41, 5.74) is 2.53. The molecule has 0 N–H and O–H groups in total. The summed E-state index contributed by atoms with van der Waals surface area (Å²) in [4.78, 5) is 0. The molecule has 0 radical (unpaired) electrons. The smallest absolute Gasteiger partial charge is 0.0440 e. The molecule has 0 heterocycles. The first kappa shape index (κ1) is 10.6. The standard InChI is InChI=1S/C12H17Cl/c1-3-4-5-6-11-8-7-10(2)9-12(11)13/h7-9H,3-6H2,1-2H3. The number of rotatable bonds is 4. The van der Waals surface area contributed by atoms with Crippen molar-refractivity contribution in [2.24, 2.45) is 0 Å². The van der Waals surface area contributed by atoms with Crippen LogP contribution in [0.15, 0.2) is 18.2 Å². The van der Waals surface area contributed by atoms with Crippen molar-refractivity contribution in [1.82, 2.24) is 0 Å². The molecule has 1 heteroatoms. The van der Waals surface area contributed by atoms with Crippen LogP contribution in [0, 0.1) is 6.92 Å². The SMILES string of the molecule is CCCCCc1ccc(C)cc1Cl. The summed E-state index contributed by atoms with van der Waals surface area (Å²) >= 11 is 6.11. The maximum Gasteiger partial charge on any atom is 0.0440 e. The lowest BCUT2D eigenvalue weighted by Crippen LogP contribution is -1.87. The second-order valence-corrected chi connectivity index (χ2v) is 3.96. The number of hydrogen-bond acceptors (Lipinski definition) is 0. The highest BCUT2D eigenvalue weighted by molar-refractivity contribution is 6.31. The molecule has 0 atom stereocenters. The predicted molar refractivity (Wildman–Crippen MR) is 59.4 cm³/mol. The average molecular weight is 197 g/mol. The van der Waals surface area contributed by atoms with E-state index < -0.39 is 0 Å². The second kappa shape index (κ2) is 5.29. The predicted octanol–water partition coefficient (Wildman–Crippen LogP) is 4.38. The van der Waals surface area contributed by atoms with Crippen molar-refractivity contribution >= 4 is 11.6 Å². The summed E-state index contributed by atoms with van der Waals surface area (Å²) in [7, 11) is 0. The lowest BCUT2D eigenvalue weighted by molar-refractivity contribution is 0.717. The Kier molecular flexibility index (Phi) is 4.31. The van der Waals surface area contributed by atoms with E-state index in [9.17, 15) is 0 Å². The highest BCUT2D eigenvalue weighted by Crippen LogP contribution is 2.19. The van der Waals surface area contributed by atoms with Crippen molar-refractivity contribution < 1.29 is 0 Å². The molecule has 1 aromatic rings. The summed E-state index contributed by atoms with van der Waals surface area (Å²) in [5, 5.41) is 0.927. The van der Waals surface area contributed by atoms with Crippen LogP contribution in [0.4, 0.5) is 0 Å². The van der Waals surface area contributed by atoms with Crippen LogP contribution in [0.2, 0.25) is 5.02 Å². The van der Waals surface area contributed by atoms with E-state index in [1.54, 1.807) is 0 Å². The summed E-state index contributed by atoms with van der Waals surface area (Å²) in [5.74, 6) is 0. The van der Waals surface area contributed by atoms with Gasteiger partial charge in [-0.25, -0.2) is 0 Å². The van der Waals surface area contributed by atoms with E-state index in [-0.39, 0.29) is 0 Å². The van der Waals surface area contributed by atoms with Crippen molar-refractivity contribution in [2.45, 2.75) is 39.5 Å². The minimum Gasteiger partial charge on any atom is -0.0840 e. The number of hydrogen-bond donors (Lipinski definition) is 0. The van der Waals surface area contributed by atoms with Crippen LogP contribution in [-0.4, -0.2) is 0 Å². The van der Waals surface area contributed by atoms with Gasteiger partial charge in [-0.2, -0.15) is 0 Å². The molecule has 0 aliphatic carbocycles. The molecule has 0 aliphatic rings. The molecule has 13 heavy (non-hydrogen) atoms. The number of aryl methyl sites for hydroxylation is 2. The van der Waals surface area contributed by atoms with Crippen LogP contribution in [0.25, 0.3) is 0 Å². The molecule has 0 bridgehead atoms. The Bertz CT molecular complexity index is 266. The fraction of sp³-hybridized carbons (Fsp3) is 0.500. The zero-order valence-corrected chi connectivity index (χ0v) is 9.19. The second-order valence-electron chi connectivity index (χ2n) is 3.55. The van der Waals surface area contributed by atoms with E-state index in [1.165, 1.54) is 30.4 Å². The van der Waals surface area contributed by atoms with Crippen molar-refractivity contribution in [3.63, 3.8) is 0 Å². The van der Waals surface area contributed by atoms with Crippen LogP contribution in [0.3, 0.4) is 0 Å². The number of halogens is 1. The van der Waals surface area contributed by atoms with E-state index >= 15 is 0 Å². The first-order chi connectivity index (χ1) is 6.24. The van der Waals surface area contributed by atoms with Crippen LogP contribution in [-0.2, 0) is 6.42 Å². The van der Waals surface area contributed by atoms with E-state index in [1.807, 2.05) is 6.07 Å². The zero-order chi connectivity index (χ0) is 9.68. The summed E-state index contributed by atoms with van der Waals surface area (Å²) in [6.07, 6.45) is 4.93. The average Bonchev–Trinajstić information content (AvgIpc) is 2.09. The van der Waals surface area contributed by atoms with Gasteiger partial charge in [-0.3, -0.25) is 0 Å². The van der Waals surface area contributed by atoms with Crippen LogP contribution >= 0.6 is 11.6 Å². The van der Waals surface area contributed by atoms with Gasteiger partial charge < -0.3 is 0 Å². The first-order valence-corrected chi connectivity index (χ1v) is 5.37. The van der Waals surface area contributed by atoms with Crippen molar-refractivity contribution in [1.29, 1.82) is 0 Å². The van der Waals surface area contributed by atoms with E-state index in [2.05, 4.69) is 26.0 Å². The molecule has 0 saturated carbocycles. The van der Waals surface area contributed by atoms with Gasteiger partial charge in [-0.15, -0.1) is 0 Å². The minimum absolute atomic E-state index is 0.927. The van der Waals surface area contributed by atoms with E-state index in [4.69, 9.17) is 11.6 Å². The van der Waals surface area contributed by atoms with Gasteiger partial charge in [0.15, 0.2) is 0 Å². The maximum atomic E-state index is 6.11. The summed E-state index contributed by atoms with van der Waals surface area (Å²) in [6.45, 7) is 4.29. The van der Waals surface area contributed by atoms with Gasteiger partial charge in [-0.1, -0.05) is 43.5 Å². The van der Waals surface area contributed by atoms with E-state index in [0.29, 0.717) is 0 Å². The van der Waals surface area contributed by atoms with Crippen LogP contribution in [0.5, 0.6) is 0 Å². The molecule has 0 aliphatic heterocycles. The Morgan fingerprint density at radius 1 is 1.23 bits per heavy atom. The summed E-state index contributed by atoms with van der Waals surface area (Å²) < 4.78 is 0. The van der Waals surface area contributed by atoms with Gasteiger partial charge in [-0.05, 0) is 37.0 Å². The van der Waals surface area contributed by atoms with Gasteiger partial charge in [0.05, 0.1) is 0 Å². The van der Waals surface area contributed by atoms with Gasteiger partial charge >= 0.3 is 0 Å². The highest BCUT2D eigenvalue weighted by Gasteiger charge is 1.99. The first-order valence-electron chi connectivity index (χ1n) is 4.99. The van der Waals surface area contributed by atoms with Crippen molar-refractivity contribution in [3.8, 4) is 0 Å². The Hall–Kier alpha value is -0.490. The highest BCUT2D eigenvalue weighted by atomic mass is 35.5. The molecule has 72 valence electrons. The van der Waals surface area contributed by atoms with Gasteiger partial charge in [0.1, 0.15) is 0 Å². The molecule has 0 saturated heterocycles. The third-order valence-corrected chi connectivity index (χ3v) is 2.61. The molecule has 1 aromatic carbocycles. The molecule has 0 nitrogen and oxygen atoms in total. The fourth-order valence-electron chi connectivity index (χ4n) is 1.42. The fourth-order valence-corrected chi connectivity index (χ4v) is 1.75. The Labute approximate surface area is 85.9 Å². The quantitative estimate of drug-likeness (QED) is 0.627. The number of benzene rings is 1. The molecule has 0 fully saturated rings. The molecule has 0 amide bonds. The monoisotopic (exact) mass is 196 g/mol. The molecule has 0 unspecified atom stereocenters. The third-order valence-electron chi connectivity index (χ3n) is 2.26. The normalized spacial score (nSPS) is 10.4. The Morgan fingerprint density at radius 3 is 2.62 bits per heavy atom. The lowest BCUT2D eigenvalue weighted by Gasteiger charge is -2.04. The van der Waals surface area contributed by atoms with Crippen molar-refractivity contribution in [2.75, 3.05) is 0 Å². The van der Waals surface area contributed by atoms with Gasteiger partial charge in [0.25, 0.3) is 0 Å². The molecular weight excluding hydrogens is 180 g/mol. The Balaban J connectivity index is 2.56. The third kappa shape index (κ3) is 3.40.